The van der Waals surface area contributed by atoms with E-state index in [0.717, 1.165) is 0 Å². The van der Waals surface area contributed by atoms with Crippen molar-refractivity contribution in [2.24, 2.45) is 0 Å². The molecule has 0 aromatic rings. The van der Waals surface area contributed by atoms with Crippen LogP contribution in [0.15, 0.2) is 0 Å². The van der Waals surface area contributed by atoms with Gasteiger partial charge in [-0.3, -0.25) is 9.59 Å². The van der Waals surface area contributed by atoms with Gasteiger partial charge in [0.2, 0.25) is 5.60 Å². The largest absolute Gasteiger partial charge is 0.394 e. The predicted molar refractivity (Wildman–Crippen MR) is 42.2 cm³/mol. The maximum absolute atomic E-state index is 10.9. The van der Waals surface area contributed by atoms with Crippen LogP contribution < -0.4 is 0 Å². The molecule has 7 nitrogen and oxygen atoms in total. The number of ketones is 2. The maximum atomic E-state index is 10.9. The second-order valence-corrected chi connectivity index (χ2v) is 2.63. The zero-order valence-corrected chi connectivity index (χ0v) is 7.25. The Morgan fingerprint density at radius 3 is 1.64 bits per heavy atom. The Labute approximate surface area is 79.2 Å². The Morgan fingerprint density at radius 2 is 1.43 bits per heavy atom. The number of aliphatic hydroxyl groups is 5. The van der Waals surface area contributed by atoms with Crippen LogP contribution in [0.3, 0.4) is 0 Å². The van der Waals surface area contributed by atoms with Gasteiger partial charge in [-0.05, 0) is 0 Å². The first-order chi connectivity index (χ1) is 6.44. The van der Waals surface area contributed by atoms with E-state index in [2.05, 4.69) is 0 Å². The van der Waals surface area contributed by atoms with Gasteiger partial charge >= 0.3 is 0 Å². The molecule has 82 valence electrons. The van der Waals surface area contributed by atoms with Crippen molar-refractivity contribution in [3.63, 3.8) is 0 Å². The summed E-state index contributed by atoms with van der Waals surface area (Å²) in [4.78, 5) is 21.9. The van der Waals surface area contributed by atoms with Gasteiger partial charge in [0.05, 0.1) is 6.61 Å². The molecule has 0 aliphatic rings. The number of rotatable bonds is 6. The van der Waals surface area contributed by atoms with Crippen LogP contribution in [0.2, 0.25) is 0 Å². The van der Waals surface area contributed by atoms with Gasteiger partial charge < -0.3 is 25.5 Å². The number of hydrogen-bond acceptors (Lipinski definition) is 7. The molecule has 0 saturated carbocycles. The van der Waals surface area contributed by atoms with E-state index in [-0.39, 0.29) is 0 Å². The van der Waals surface area contributed by atoms with Gasteiger partial charge in [-0.1, -0.05) is 0 Å². The number of carbonyl (C=O) groups is 2. The lowest BCUT2D eigenvalue weighted by atomic mass is 9.88. The molecule has 0 fully saturated rings. The van der Waals surface area contributed by atoms with Crippen molar-refractivity contribution in [2.45, 2.75) is 11.7 Å². The van der Waals surface area contributed by atoms with Gasteiger partial charge in [0.1, 0.15) is 19.3 Å². The number of carbonyl (C=O) groups excluding carboxylic acids is 2. The van der Waals surface area contributed by atoms with Gasteiger partial charge in [-0.25, -0.2) is 0 Å². The molecule has 0 saturated heterocycles. The first kappa shape index (κ1) is 13.1. The molecule has 0 aromatic carbocycles. The summed E-state index contributed by atoms with van der Waals surface area (Å²) in [6, 6.07) is 0. The summed E-state index contributed by atoms with van der Waals surface area (Å²) in [5.41, 5.74) is -2.95. The summed E-state index contributed by atoms with van der Waals surface area (Å²) in [5, 5.41) is 43.7. The molecule has 1 unspecified atom stereocenters. The average Bonchev–Trinajstić information content (AvgIpc) is 2.24. The highest BCUT2D eigenvalue weighted by Crippen LogP contribution is 2.13. The van der Waals surface area contributed by atoms with Gasteiger partial charge in [0, 0.05) is 0 Å². The van der Waals surface area contributed by atoms with E-state index in [1.54, 1.807) is 0 Å². The highest BCUT2D eigenvalue weighted by molar-refractivity contribution is 6.11. The first-order valence-electron chi connectivity index (χ1n) is 3.74. The number of hydrogen-bond donors (Lipinski definition) is 5. The van der Waals surface area contributed by atoms with Crippen molar-refractivity contribution >= 4 is 11.6 Å². The summed E-state index contributed by atoms with van der Waals surface area (Å²) < 4.78 is 0. The van der Waals surface area contributed by atoms with Crippen molar-refractivity contribution in [2.75, 3.05) is 19.8 Å². The molecule has 0 rings (SSSR count). The minimum absolute atomic E-state index is 1.05. The van der Waals surface area contributed by atoms with Crippen LogP contribution in [0.4, 0.5) is 0 Å². The third-order valence-electron chi connectivity index (χ3n) is 1.79. The number of Topliss-reactive ketones (excluding diaryl/α,β-unsaturated/α-hetero) is 2. The molecule has 14 heavy (non-hydrogen) atoms. The molecule has 0 amide bonds. The summed E-state index contributed by atoms with van der Waals surface area (Å²) >= 11 is 0. The fraction of sp³-hybridized carbons (Fsp3) is 0.714. The van der Waals surface area contributed by atoms with E-state index < -0.39 is 43.1 Å². The molecule has 0 aromatic heterocycles. The Morgan fingerprint density at radius 1 is 1.07 bits per heavy atom. The minimum atomic E-state index is -2.95. The SMILES string of the molecule is O=C(CO)C(O)(C(=O)CO)C(O)CO. The Hall–Kier alpha value is -0.860. The third kappa shape index (κ3) is 2.14. The normalized spacial score (nSPS) is 13.8. The van der Waals surface area contributed by atoms with Crippen LogP contribution in [0.1, 0.15) is 0 Å². The molecule has 0 aliphatic heterocycles. The molecule has 0 bridgehead atoms. The molecule has 5 N–H and O–H groups in total. The molecule has 0 aliphatic carbocycles. The molecule has 7 heteroatoms. The standard InChI is InChI=1S/C7H12O7/c8-1-4(11)7(14,5(12)2-9)6(13)3-10/h4,8-11,14H,1-3H2. The maximum Gasteiger partial charge on any atom is 0.214 e. The van der Waals surface area contributed by atoms with Gasteiger partial charge in [0.25, 0.3) is 0 Å². The van der Waals surface area contributed by atoms with Gasteiger partial charge in [-0.15, -0.1) is 0 Å². The molecular weight excluding hydrogens is 196 g/mol. The molecular formula is C7H12O7. The minimum Gasteiger partial charge on any atom is -0.394 e. The van der Waals surface area contributed by atoms with Crippen LogP contribution in [0.5, 0.6) is 0 Å². The van der Waals surface area contributed by atoms with Crippen molar-refractivity contribution in [3.05, 3.63) is 0 Å². The fourth-order valence-electron chi connectivity index (χ4n) is 0.900. The first-order valence-corrected chi connectivity index (χ1v) is 3.74. The molecule has 1 atom stereocenters. The highest BCUT2D eigenvalue weighted by atomic mass is 16.4. The summed E-state index contributed by atoms with van der Waals surface area (Å²) in [5.74, 6) is -2.75. The number of aliphatic hydroxyl groups excluding tert-OH is 4. The van der Waals surface area contributed by atoms with Gasteiger partial charge in [-0.2, -0.15) is 0 Å². The lowest BCUT2D eigenvalue weighted by Crippen LogP contribution is -2.59. The molecule has 0 heterocycles. The second kappa shape index (κ2) is 5.13. The van der Waals surface area contributed by atoms with Crippen LogP contribution in [0.25, 0.3) is 0 Å². The topological polar surface area (TPSA) is 135 Å². The smallest absolute Gasteiger partial charge is 0.214 e. The monoisotopic (exact) mass is 208 g/mol. The molecule has 0 spiro atoms. The summed E-state index contributed by atoms with van der Waals surface area (Å²) in [6.07, 6.45) is -2.07. The van der Waals surface area contributed by atoms with Crippen LogP contribution in [-0.4, -0.2) is 68.6 Å². The second-order valence-electron chi connectivity index (χ2n) is 2.63. The highest BCUT2D eigenvalue weighted by Gasteiger charge is 2.48. The van der Waals surface area contributed by atoms with E-state index >= 15 is 0 Å². The molecule has 0 radical (unpaired) electrons. The van der Waals surface area contributed by atoms with Crippen molar-refractivity contribution < 1.29 is 35.1 Å². The van der Waals surface area contributed by atoms with Gasteiger partial charge in [0.15, 0.2) is 11.6 Å². The van der Waals surface area contributed by atoms with Crippen LogP contribution >= 0.6 is 0 Å². The Bertz CT molecular complexity index is 208. The van der Waals surface area contributed by atoms with E-state index in [9.17, 15) is 14.7 Å². The van der Waals surface area contributed by atoms with E-state index in [1.807, 2.05) is 0 Å². The van der Waals surface area contributed by atoms with E-state index in [1.165, 1.54) is 0 Å². The zero-order valence-electron chi connectivity index (χ0n) is 7.25. The third-order valence-corrected chi connectivity index (χ3v) is 1.79. The van der Waals surface area contributed by atoms with Crippen molar-refractivity contribution in [1.82, 2.24) is 0 Å². The fourth-order valence-corrected chi connectivity index (χ4v) is 0.900. The van der Waals surface area contributed by atoms with E-state index in [0.29, 0.717) is 0 Å². The average molecular weight is 208 g/mol. The Kier molecular flexibility index (Phi) is 4.81. The van der Waals surface area contributed by atoms with Crippen LogP contribution in [-0.2, 0) is 9.59 Å². The lowest BCUT2D eigenvalue weighted by molar-refractivity contribution is -0.169. The zero-order chi connectivity index (χ0) is 11.4. The lowest BCUT2D eigenvalue weighted by Gasteiger charge is -2.27. The van der Waals surface area contributed by atoms with Crippen molar-refractivity contribution in [3.8, 4) is 0 Å². The summed E-state index contributed by atoms with van der Waals surface area (Å²) in [6.45, 7) is -3.41. The summed E-state index contributed by atoms with van der Waals surface area (Å²) in [7, 11) is 0. The Balaban J connectivity index is 5.03. The predicted octanol–water partition coefficient (Wildman–Crippen LogP) is -3.81. The quantitative estimate of drug-likeness (QED) is 0.282. The van der Waals surface area contributed by atoms with Crippen LogP contribution in [0, 0.1) is 0 Å². The van der Waals surface area contributed by atoms with E-state index in [4.69, 9.17) is 20.4 Å². The van der Waals surface area contributed by atoms with Crippen molar-refractivity contribution in [1.29, 1.82) is 0 Å².